The Morgan fingerprint density at radius 3 is 2.60 bits per heavy atom. The molecule has 0 spiro atoms. The summed E-state index contributed by atoms with van der Waals surface area (Å²) >= 11 is 5.75. The molecule has 78 valence electrons. The van der Waals surface area contributed by atoms with Gasteiger partial charge in [-0.1, -0.05) is 23.7 Å². The zero-order chi connectivity index (χ0) is 11.3. The third kappa shape index (κ3) is 3.61. The van der Waals surface area contributed by atoms with Crippen LogP contribution in [0.25, 0.3) is 0 Å². The molecule has 1 amide bonds. The van der Waals surface area contributed by atoms with Gasteiger partial charge in [-0.3, -0.25) is 4.79 Å². The van der Waals surface area contributed by atoms with Crippen LogP contribution in [0.1, 0.15) is 24.9 Å². The molecule has 0 saturated heterocycles. The summed E-state index contributed by atoms with van der Waals surface area (Å²) in [6, 6.07) is 8.87. The molecule has 1 atom stereocenters. The molecule has 0 bridgehead atoms. The monoisotopic (exact) mass is 222 g/mol. The minimum atomic E-state index is -0.259. The van der Waals surface area contributed by atoms with Crippen LogP contribution in [0.5, 0.6) is 0 Å². The Balaban J connectivity index is 2.84. The molecular formula is C11H11ClN2O. The van der Waals surface area contributed by atoms with Gasteiger partial charge in [0.2, 0.25) is 5.91 Å². The maximum Gasteiger partial charge on any atom is 0.217 e. The Morgan fingerprint density at radius 2 is 2.13 bits per heavy atom. The number of halogens is 1. The van der Waals surface area contributed by atoms with Gasteiger partial charge < -0.3 is 5.32 Å². The summed E-state index contributed by atoms with van der Waals surface area (Å²) in [6.45, 7) is 1.43. The van der Waals surface area contributed by atoms with Gasteiger partial charge in [-0.25, -0.2) is 0 Å². The van der Waals surface area contributed by atoms with Crippen LogP contribution in [0, 0.1) is 11.3 Å². The number of carbonyl (C=O) groups is 1. The third-order valence-electron chi connectivity index (χ3n) is 1.95. The molecule has 1 aromatic carbocycles. The highest BCUT2D eigenvalue weighted by atomic mass is 35.5. The number of nitriles is 1. The highest BCUT2D eigenvalue weighted by Gasteiger charge is 2.11. The van der Waals surface area contributed by atoms with Crippen molar-refractivity contribution in [3.63, 3.8) is 0 Å². The maximum atomic E-state index is 10.9. The lowest BCUT2D eigenvalue weighted by atomic mass is 10.0. The molecule has 0 aliphatic carbocycles. The van der Waals surface area contributed by atoms with Crippen molar-refractivity contribution in [1.29, 1.82) is 5.26 Å². The maximum absolute atomic E-state index is 10.9. The van der Waals surface area contributed by atoms with E-state index in [-0.39, 0.29) is 18.4 Å². The van der Waals surface area contributed by atoms with Crippen LogP contribution in [-0.2, 0) is 4.79 Å². The second-order valence-corrected chi connectivity index (χ2v) is 3.60. The molecule has 0 aliphatic rings. The van der Waals surface area contributed by atoms with Crippen molar-refractivity contribution in [2.45, 2.75) is 19.4 Å². The van der Waals surface area contributed by atoms with E-state index in [0.29, 0.717) is 5.02 Å². The van der Waals surface area contributed by atoms with Gasteiger partial charge in [0.25, 0.3) is 0 Å². The average Bonchev–Trinajstić information content (AvgIpc) is 2.17. The van der Waals surface area contributed by atoms with Gasteiger partial charge in [-0.05, 0) is 17.7 Å². The van der Waals surface area contributed by atoms with E-state index in [2.05, 4.69) is 5.32 Å². The molecule has 4 heteroatoms. The number of benzene rings is 1. The van der Waals surface area contributed by atoms with Crippen LogP contribution in [0.3, 0.4) is 0 Å². The van der Waals surface area contributed by atoms with Crippen LogP contribution < -0.4 is 5.32 Å². The van der Waals surface area contributed by atoms with Gasteiger partial charge in [0.15, 0.2) is 0 Å². The number of nitrogens with zero attached hydrogens (tertiary/aromatic N) is 1. The van der Waals surface area contributed by atoms with E-state index in [0.717, 1.165) is 5.56 Å². The van der Waals surface area contributed by atoms with Crippen molar-refractivity contribution in [3.05, 3.63) is 34.9 Å². The van der Waals surface area contributed by atoms with Gasteiger partial charge in [0.1, 0.15) is 0 Å². The van der Waals surface area contributed by atoms with Crippen LogP contribution >= 0.6 is 11.6 Å². The summed E-state index contributed by atoms with van der Waals surface area (Å²) < 4.78 is 0. The molecule has 0 aromatic heterocycles. The van der Waals surface area contributed by atoms with E-state index >= 15 is 0 Å². The SMILES string of the molecule is CC(=O)NC(CC#N)c1ccc(Cl)cc1. The second kappa shape index (κ2) is 5.38. The summed E-state index contributed by atoms with van der Waals surface area (Å²) in [5.74, 6) is -0.148. The Labute approximate surface area is 93.7 Å². The Hall–Kier alpha value is -1.53. The van der Waals surface area contributed by atoms with E-state index in [1.165, 1.54) is 6.92 Å². The van der Waals surface area contributed by atoms with E-state index in [4.69, 9.17) is 16.9 Å². The molecule has 1 aromatic rings. The topological polar surface area (TPSA) is 52.9 Å². The minimum Gasteiger partial charge on any atom is -0.348 e. The predicted molar refractivity (Wildman–Crippen MR) is 58.2 cm³/mol. The molecule has 0 fully saturated rings. The highest BCUT2D eigenvalue weighted by Crippen LogP contribution is 2.18. The lowest BCUT2D eigenvalue weighted by Gasteiger charge is -2.14. The van der Waals surface area contributed by atoms with Gasteiger partial charge in [-0.15, -0.1) is 0 Å². The second-order valence-electron chi connectivity index (χ2n) is 3.17. The van der Waals surface area contributed by atoms with Crippen molar-refractivity contribution >= 4 is 17.5 Å². The van der Waals surface area contributed by atoms with Crippen molar-refractivity contribution in [2.75, 3.05) is 0 Å². The number of nitrogens with one attached hydrogen (secondary N) is 1. The van der Waals surface area contributed by atoms with Crippen LogP contribution in [0.15, 0.2) is 24.3 Å². The molecular weight excluding hydrogens is 212 g/mol. The molecule has 1 unspecified atom stereocenters. The number of amides is 1. The first kappa shape index (κ1) is 11.5. The molecule has 0 saturated carbocycles. The summed E-state index contributed by atoms with van der Waals surface area (Å²) in [7, 11) is 0. The number of rotatable bonds is 3. The first-order chi connectivity index (χ1) is 7.13. The first-order valence-electron chi connectivity index (χ1n) is 4.53. The minimum absolute atomic E-state index is 0.148. The number of hydrogen-bond donors (Lipinski definition) is 1. The fourth-order valence-corrected chi connectivity index (χ4v) is 1.41. The molecule has 0 heterocycles. The summed E-state index contributed by atoms with van der Waals surface area (Å²) in [4.78, 5) is 10.9. The smallest absolute Gasteiger partial charge is 0.217 e. The Kier molecular flexibility index (Phi) is 4.14. The number of carbonyl (C=O) groups excluding carboxylic acids is 1. The van der Waals surface area contributed by atoms with Gasteiger partial charge in [0, 0.05) is 11.9 Å². The molecule has 15 heavy (non-hydrogen) atoms. The Morgan fingerprint density at radius 1 is 1.53 bits per heavy atom. The standard InChI is InChI=1S/C11H11ClN2O/c1-8(15)14-11(6-7-13)9-2-4-10(12)5-3-9/h2-5,11H,6H2,1H3,(H,14,15). The van der Waals surface area contributed by atoms with Crippen molar-refractivity contribution in [1.82, 2.24) is 5.32 Å². The zero-order valence-electron chi connectivity index (χ0n) is 8.33. The normalized spacial score (nSPS) is 11.5. The predicted octanol–water partition coefficient (Wildman–Crippen LogP) is 2.43. The van der Waals surface area contributed by atoms with Crippen molar-refractivity contribution < 1.29 is 4.79 Å². The van der Waals surface area contributed by atoms with E-state index in [9.17, 15) is 4.79 Å². The molecule has 0 aliphatic heterocycles. The fourth-order valence-electron chi connectivity index (χ4n) is 1.28. The summed E-state index contributed by atoms with van der Waals surface area (Å²) in [5, 5.41) is 12.0. The molecule has 3 nitrogen and oxygen atoms in total. The quantitative estimate of drug-likeness (QED) is 0.854. The first-order valence-corrected chi connectivity index (χ1v) is 4.91. The summed E-state index contributed by atoms with van der Waals surface area (Å²) in [6.07, 6.45) is 0.251. The van der Waals surface area contributed by atoms with E-state index in [1.807, 2.05) is 6.07 Å². The Bertz CT molecular complexity index is 381. The van der Waals surface area contributed by atoms with Crippen molar-refractivity contribution in [3.8, 4) is 6.07 Å². The van der Waals surface area contributed by atoms with Gasteiger partial charge >= 0.3 is 0 Å². The van der Waals surface area contributed by atoms with E-state index < -0.39 is 0 Å². The average molecular weight is 223 g/mol. The van der Waals surface area contributed by atoms with Crippen LogP contribution in [-0.4, -0.2) is 5.91 Å². The fraction of sp³-hybridized carbons (Fsp3) is 0.273. The zero-order valence-corrected chi connectivity index (χ0v) is 9.08. The largest absolute Gasteiger partial charge is 0.348 e. The van der Waals surface area contributed by atoms with Crippen LogP contribution in [0.2, 0.25) is 5.02 Å². The lowest BCUT2D eigenvalue weighted by molar-refractivity contribution is -0.119. The molecule has 1 N–H and O–H groups in total. The third-order valence-corrected chi connectivity index (χ3v) is 2.20. The lowest BCUT2D eigenvalue weighted by Crippen LogP contribution is -2.25. The van der Waals surface area contributed by atoms with E-state index in [1.54, 1.807) is 24.3 Å². The number of hydrogen-bond acceptors (Lipinski definition) is 2. The summed E-state index contributed by atoms with van der Waals surface area (Å²) in [5.41, 5.74) is 0.885. The van der Waals surface area contributed by atoms with Gasteiger partial charge in [0.05, 0.1) is 18.5 Å². The van der Waals surface area contributed by atoms with Gasteiger partial charge in [-0.2, -0.15) is 5.26 Å². The molecule has 0 radical (unpaired) electrons. The van der Waals surface area contributed by atoms with Crippen LogP contribution in [0.4, 0.5) is 0 Å². The van der Waals surface area contributed by atoms with Crippen molar-refractivity contribution in [2.24, 2.45) is 0 Å². The molecule has 1 rings (SSSR count). The highest BCUT2D eigenvalue weighted by molar-refractivity contribution is 6.30.